The van der Waals surface area contributed by atoms with Gasteiger partial charge in [-0.3, -0.25) is 4.79 Å². The van der Waals surface area contributed by atoms with E-state index in [0.29, 0.717) is 6.61 Å². The minimum absolute atomic E-state index is 0.671. The lowest BCUT2D eigenvalue weighted by Crippen LogP contribution is -2.19. The molecule has 0 spiro atoms. The number of carbonyl (C=O) groups is 1. The molecule has 0 saturated heterocycles. The van der Waals surface area contributed by atoms with E-state index in [9.17, 15) is 4.79 Å². The summed E-state index contributed by atoms with van der Waals surface area (Å²) < 4.78 is 5.77. The zero-order valence-electron chi connectivity index (χ0n) is 10.3. The Morgan fingerprint density at radius 1 is 1.47 bits per heavy atom. The van der Waals surface area contributed by atoms with Crippen molar-refractivity contribution in [3.63, 3.8) is 0 Å². The maximum Gasteiger partial charge on any atom is 0.214 e. The molecule has 92 valence electrons. The maximum absolute atomic E-state index is 10.9. The van der Waals surface area contributed by atoms with Gasteiger partial charge in [-0.05, 0) is 32.6 Å². The van der Waals surface area contributed by atoms with Gasteiger partial charge in [-0.2, -0.15) is 0 Å². The number of amides is 1. The molecule has 0 saturated carbocycles. The normalized spacial score (nSPS) is 13.9. The predicted octanol–water partition coefficient (Wildman–Crippen LogP) is 1.15. The molecule has 1 aliphatic heterocycles. The van der Waals surface area contributed by atoms with Gasteiger partial charge in [0.15, 0.2) is 0 Å². The Bertz CT molecular complexity index is 404. The standard InChI is InChI=1S/C13H18N2O2/c1-14(2)8-9-17-13-5-3-4-12-11(13)6-7-15(12)10-16/h3-5,10H,6-9H2,1-2H3. The molecule has 17 heavy (non-hydrogen) atoms. The van der Waals surface area contributed by atoms with Crippen LogP contribution in [0.5, 0.6) is 5.75 Å². The molecular weight excluding hydrogens is 216 g/mol. The fraction of sp³-hybridized carbons (Fsp3) is 0.462. The van der Waals surface area contributed by atoms with Crippen LogP contribution < -0.4 is 9.64 Å². The molecule has 1 aromatic carbocycles. The zero-order valence-corrected chi connectivity index (χ0v) is 10.3. The third-order valence-electron chi connectivity index (χ3n) is 2.94. The molecule has 0 fully saturated rings. The lowest BCUT2D eigenvalue weighted by molar-refractivity contribution is -0.107. The van der Waals surface area contributed by atoms with E-state index in [1.165, 1.54) is 0 Å². The van der Waals surface area contributed by atoms with E-state index in [4.69, 9.17) is 4.74 Å². The van der Waals surface area contributed by atoms with Crippen LogP contribution in [0.3, 0.4) is 0 Å². The number of carbonyl (C=O) groups excluding carboxylic acids is 1. The Balaban J connectivity index is 2.09. The van der Waals surface area contributed by atoms with Crippen LogP contribution in [0.2, 0.25) is 0 Å². The van der Waals surface area contributed by atoms with Gasteiger partial charge in [0.05, 0.1) is 5.69 Å². The van der Waals surface area contributed by atoms with Crippen molar-refractivity contribution in [3.05, 3.63) is 23.8 Å². The second-order valence-electron chi connectivity index (χ2n) is 4.45. The fourth-order valence-electron chi connectivity index (χ4n) is 2.01. The summed E-state index contributed by atoms with van der Waals surface area (Å²) in [5, 5.41) is 0. The first-order valence-electron chi connectivity index (χ1n) is 5.83. The Morgan fingerprint density at radius 2 is 2.29 bits per heavy atom. The zero-order chi connectivity index (χ0) is 12.3. The van der Waals surface area contributed by atoms with E-state index in [2.05, 4.69) is 4.90 Å². The molecule has 0 atom stereocenters. The van der Waals surface area contributed by atoms with Crippen molar-refractivity contribution in [2.45, 2.75) is 6.42 Å². The minimum Gasteiger partial charge on any atom is -0.492 e. The van der Waals surface area contributed by atoms with E-state index in [1.807, 2.05) is 32.3 Å². The molecule has 1 heterocycles. The van der Waals surface area contributed by atoms with Crippen LogP contribution in [-0.2, 0) is 11.2 Å². The topological polar surface area (TPSA) is 32.8 Å². The van der Waals surface area contributed by atoms with Crippen molar-refractivity contribution in [1.29, 1.82) is 0 Å². The number of likely N-dealkylation sites (N-methyl/N-ethyl adjacent to an activating group) is 1. The molecule has 0 aliphatic carbocycles. The number of ether oxygens (including phenoxy) is 1. The molecule has 0 aromatic heterocycles. The number of anilines is 1. The highest BCUT2D eigenvalue weighted by Crippen LogP contribution is 2.34. The van der Waals surface area contributed by atoms with Crippen molar-refractivity contribution in [2.75, 3.05) is 38.7 Å². The highest BCUT2D eigenvalue weighted by atomic mass is 16.5. The number of fused-ring (bicyclic) bond motifs is 1. The van der Waals surface area contributed by atoms with Crippen molar-refractivity contribution in [2.24, 2.45) is 0 Å². The summed E-state index contributed by atoms with van der Waals surface area (Å²) in [5.41, 5.74) is 2.14. The highest BCUT2D eigenvalue weighted by Gasteiger charge is 2.21. The third-order valence-corrected chi connectivity index (χ3v) is 2.94. The van der Waals surface area contributed by atoms with Gasteiger partial charge in [0.2, 0.25) is 6.41 Å². The summed E-state index contributed by atoms with van der Waals surface area (Å²) in [6.07, 6.45) is 1.77. The van der Waals surface area contributed by atoms with Crippen molar-refractivity contribution in [1.82, 2.24) is 4.90 Å². The fourth-order valence-corrected chi connectivity index (χ4v) is 2.01. The first-order valence-corrected chi connectivity index (χ1v) is 5.83. The van der Waals surface area contributed by atoms with E-state index in [0.717, 1.165) is 42.9 Å². The van der Waals surface area contributed by atoms with Gasteiger partial charge in [0.1, 0.15) is 12.4 Å². The Morgan fingerprint density at radius 3 is 3.00 bits per heavy atom. The smallest absolute Gasteiger partial charge is 0.214 e. The Labute approximate surface area is 102 Å². The maximum atomic E-state index is 10.9. The lowest BCUT2D eigenvalue weighted by Gasteiger charge is -2.14. The molecule has 0 bridgehead atoms. The Kier molecular flexibility index (Phi) is 3.64. The molecule has 2 rings (SSSR count). The molecule has 0 radical (unpaired) electrons. The van der Waals surface area contributed by atoms with Crippen molar-refractivity contribution < 1.29 is 9.53 Å². The SMILES string of the molecule is CN(C)CCOc1cccc2c1CCN2C=O. The summed E-state index contributed by atoms with van der Waals surface area (Å²) in [7, 11) is 4.04. The van der Waals surface area contributed by atoms with Gasteiger partial charge in [-0.1, -0.05) is 6.07 Å². The first kappa shape index (κ1) is 11.9. The van der Waals surface area contributed by atoms with Crippen LogP contribution >= 0.6 is 0 Å². The summed E-state index contributed by atoms with van der Waals surface area (Å²) >= 11 is 0. The van der Waals surface area contributed by atoms with Crippen LogP contribution in [0.4, 0.5) is 5.69 Å². The number of nitrogens with zero attached hydrogens (tertiary/aromatic N) is 2. The van der Waals surface area contributed by atoms with E-state index in [1.54, 1.807) is 4.90 Å². The molecule has 1 aromatic rings. The van der Waals surface area contributed by atoms with Crippen LogP contribution in [0.25, 0.3) is 0 Å². The summed E-state index contributed by atoms with van der Waals surface area (Å²) in [5.74, 6) is 0.911. The third kappa shape index (κ3) is 2.58. The van der Waals surface area contributed by atoms with Crippen LogP contribution in [0, 0.1) is 0 Å². The summed E-state index contributed by atoms with van der Waals surface area (Å²) in [6, 6.07) is 5.88. The van der Waals surface area contributed by atoms with Gasteiger partial charge in [-0.15, -0.1) is 0 Å². The Hall–Kier alpha value is -1.55. The van der Waals surface area contributed by atoms with E-state index in [-0.39, 0.29) is 0 Å². The molecule has 0 unspecified atom stereocenters. The highest BCUT2D eigenvalue weighted by molar-refractivity contribution is 5.81. The number of benzene rings is 1. The number of hydrogen-bond acceptors (Lipinski definition) is 3. The van der Waals surface area contributed by atoms with Crippen LogP contribution in [0.15, 0.2) is 18.2 Å². The summed E-state index contributed by atoms with van der Waals surface area (Å²) in [4.78, 5) is 14.7. The first-order chi connectivity index (χ1) is 8.22. The van der Waals surface area contributed by atoms with E-state index < -0.39 is 0 Å². The molecule has 0 N–H and O–H groups in total. The van der Waals surface area contributed by atoms with Crippen LogP contribution in [-0.4, -0.2) is 45.1 Å². The van der Waals surface area contributed by atoms with Crippen molar-refractivity contribution >= 4 is 12.1 Å². The van der Waals surface area contributed by atoms with Gasteiger partial charge < -0.3 is 14.5 Å². The van der Waals surface area contributed by atoms with Gasteiger partial charge in [0.25, 0.3) is 0 Å². The predicted molar refractivity (Wildman–Crippen MR) is 67.6 cm³/mol. The molecule has 1 aliphatic rings. The molecular formula is C13H18N2O2. The minimum atomic E-state index is 0.671. The second kappa shape index (κ2) is 5.19. The molecule has 1 amide bonds. The average Bonchev–Trinajstić information content (AvgIpc) is 2.72. The molecule has 4 nitrogen and oxygen atoms in total. The monoisotopic (exact) mass is 234 g/mol. The lowest BCUT2D eigenvalue weighted by atomic mass is 10.1. The van der Waals surface area contributed by atoms with Crippen LogP contribution in [0.1, 0.15) is 5.56 Å². The van der Waals surface area contributed by atoms with E-state index >= 15 is 0 Å². The van der Waals surface area contributed by atoms with Gasteiger partial charge in [-0.25, -0.2) is 0 Å². The number of rotatable bonds is 5. The number of hydrogen-bond donors (Lipinski definition) is 0. The largest absolute Gasteiger partial charge is 0.492 e. The quantitative estimate of drug-likeness (QED) is 0.716. The van der Waals surface area contributed by atoms with Crippen molar-refractivity contribution in [3.8, 4) is 5.75 Å². The summed E-state index contributed by atoms with van der Waals surface area (Å²) in [6.45, 7) is 2.32. The second-order valence-corrected chi connectivity index (χ2v) is 4.45. The van der Waals surface area contributed by atoms with Gasteiger partial charge >= 0.3 is 0 Å². The van der Waals surface area contributed by atoms with Gasteiger partial charge in [0, 0.05) is 18.7 Å². The molecule has 4 heteroatoms. The average molecular weight is 234 g/mol.